The van der Waals surface area contributed by atoms with E-state index in [0.717, 1.165) is 47.3 Å². The summed E-state index contributed by atoms with van der Waals surface area (Å²) < 4.78 is 0. The Bertz CT molecular complexity index is 1430. The number of nitrogens with one attached hydrogen (secondary N) is 2. The molecule has 1 fully saturated rings. The van der Waals surface area contributed by atoms with Crippen molar-refractivity contribution in [1.82, 2.24) is 15.2 Å². The molecule has 0 spiro atoms. The maximum Gasteiger partial charge on any atom is 0.261 e. The molecule has 4 aromatic rings. The Kier molecular flexibility index (Phi) is 7.55. The fourth-order valence-electron chi connectivity index (χ4n) is 4.94. The van der Waals surface area contributed by atoms with Gasteiger partial charge in [-0.3, -0.25) is 9.59 Å². The topological polar surface area (TPSA) is 74.3 Å². The third-order valence-electron chi connectivity index (χ3n) is 6.71. The van der Waals surface area contributed by atoms with Crippen LogP contribution in [0.4, 0.5) is 5.69 Å². The highest BCUT2D eigenvalue weighted by molar-refractivity contribution is 7.20. The van der Waals surface area contributed by atoms with Crippen LogP contribution in [0, 0.1) is 5.92 Å². The summed E-state index contributed by atoms with van der Waals surface area (Å²) in [6, 6.07) is 21.5. The summed E-state index contributed by atoms with van der Waals surface area (Å²) in [4.78, 5) is 33.8. The van der Waals surface area contributed by atoms with Crippen molar-refractivity contribution < 1.29 is 9.59 Å². The van der Waals surface area contributed by atoms with Gasteiger partial charge in [-0.25, -0.2) is 4.98 Å². The van der Waals surface area contributed by atoms with Crippen molar-refractivity contribution >= 4 is 50.7 Å². The zero-order valence-corrected chi connectivity index (χ0v) is 22.4. The van der Waals surface area contributed by atoms with Crippen molar-refractivity contribution in [2.75, 3.05) is 19.4 Å². The lowest BCUT2D eigenvalue weighted by molar-refractivity contribution is -0.120. The SMILES string of the molecule is CN(C)Cc1ccccc1-c1ccc(NC(=O)[C@H]2CCC[C@H]2NC(=O)c2cc3ccc(Cl)nc3s2)cc1. The van der Waals surface area contributed by atoms with Gasteiger partial charge in [0.2, 0.25) is 5.91 Å². The van der Waals surface area contributed by atoms with Gasteiger partial charge in [0.05, 0.1) is 10.8 Å². The predicted molar refractivity (Wildman–Crippen MR) is 151 cm³/mol. The maximum atomic E-state index is 13.2. The summed E-state index contributed by atoms with van der Waals surface area (Å²) in [5.41, 5.74) is 4.31. The summed E-state index contributed by atoms with van der Waals surface area (Å²) in [5, 5.41) is 7.43. The van der Waals surface area contributed by atoms with E-state index >= 15 is 0 Å². The number of hydrogen-bond acceptors (Lipinski definition) is 5. The number of carbonyl (C=O) groups is 2. The summed E-state index contributed by atoms with van der Waals surface area (Å²) in [7, 11) is 4.12. The van der Waals surface area contributed by atoms with Crippen LogP contribution in [0.15, 0.2) is 66.7 Å². The standard InChI is InChI=1S/C29H29ClN4O2S/c1-34(2)17-20-6-3-4-7-22(20)18-10-13-21(14-11-18)31-27(35)23-8-5-9-24(23)32-28(36)25-16-19-12-15-26(30)33-29(19)37-25/h3-4,6-7,10-16,23-24H,5,8-9,17H2,1-2H3,(H,31,35)(H,32,36)/t23-,24+/m0/s1. The first-order valence-corrected chi connectivity index (χ1v) is 13.6. The van der Waals surface area contributed by atoms with Crippen molar-refractivity contribution in [2.45, 2.75) is 31.8 Å². The highest BCUT2D eigenvalue weighted by atomic mass is 35.5. The Balaban J connectivity index is 1.24. The van der Waals surface area contributed by atoms with E-state index in [1.807, 2.05) is 42.5 Å². The van der Waals surface area contributed by atoms with Crippen molar-refractivity contribution in [1.29, 1.82) is 0 Å². The minimum Gasteiger partial charge on any atom is -0.348 e. The summed E-state index contributed by atoms with van der Waals surface area (Å²) in [5.74, 6) is -0.510. The molecule has 1 saturated carbocycles. The summed E-state index contributed by atoms with van der Waals surface area (Å²) in [6.45, 7) is 0.856. The average molecular weight is 533 g/mol. The Morgan fingerprint density at radius 3 is 2.62 bits per heavy atom. The number of halogens is 1. The van der Waals surface area contributed by atoms with Gasteiger partial charge in [-0.1, -0.05) is 54.4 Å². The molecule has 1 aliphatic carbocycles. The van der Waals surface area contributed by atoms with Crippen LogP contribution in [-0.2, 0) is 11.3 Å². The zero-order valence-electron chi connectivity index (χ0n) is 20.8. The van der Waals surface area contributed by atoms with Crippen LogP contribution in [0.1, 0.15) is 34.5 Å². The third-order valence-corrected chi connectivity index (χ3v) is 7.96. The van der Waals surface area contributed by atoms with E-state index in [4.69, 9.17) is 11.6 Å². The molecule has 0 saturated heterocycles. The van der Waals surface area contributed by atoms with E-state index < -0.39 is 0 Å². The number of nitrogens with zero attached hydrogens (tertiary/aromatic N) is 2. The molecule has 190 valence electrons. The van der Waals surface area contributed by atoms with Crippen molar-refractivity contribution in [3.63, 3.8) is 0 Å². The van der Waals surface area contributed by atoms with E-state index in [1.165, 1.54) is 22.5 Å². The molecule has 0 aliphatic heterocycles. The van der Waals surface area contributed by atoms with Crippen LogP contribution < -0.4 is 10.6 Å². The van der Waals surface area contributed by atoms with Gasteiger partial charge >= 0.3 is 0 Å². The number of carbonyl (C=O) groups excluding carboxylic acids is 2. The molecule has 2 N–H and O–H groups in total. The first-order valence-electron chi connectivity index (χ1n) is 12.4. The molecular weight excluding hydrogens is 504 g/mol. The van der Waals surface area contributed by atoms with Crippen LogP contribution >= 0.6 is 22.9 Å². The molecule has 37 heavy (non-hydrogen) atoms. The van der Waals surface area contributed by atoms with Gasteiger partial charge in [0.25, 0.3) is 5.91 Å². The summed E-state index contributed by atoms with van der Waals surface area (Å²) >= 11 is 7.29. The number of hydrogen-bond donors (Lipinski definition) is 2. The number of amides is 2. The highest BCUT2D eigenvalue weighted by Gasteiger charge is 2.34. The quantitative estimate of drug-likeness (QED) is 0.277. The second-order valence-electron chi connectivity index (χ2n) is 9.72. The zero-order chi connectivity index (χ0) is 25.9. The Morgan fingerprint density at radius 1 is 1.05 bits per heavy atom. The number of benzene rings is 2. The molecule has 6 nitrogen and oxygen atoms in total. The number of fused-ring (bicyclic) bond motifs is 1. The first-order chi connectivity index (χ1) is 17.9. The molecule has 2 aromatic carbocycles. The normalized spacial score (nSPS) is 17.3. The molecule has 0 radical (unpaired) electrons. The molecule has 8 heteroatoms. The Morgan fingerprint density at radius 2 is 1.84 bits per heavy atom. The van der Waals surface area contributed by atoms with Crippen LogP contribution in [0.25, 0.3) is 21.3 Å². The predicted octanol–water partition coefficient (Wildman–Crippen LogP) is 6.22. The van der Waals surface area contributed by atoms with Gasteiger partial charge in [-0.2, -0.15) is 0 Å². The lowest BCUT2D eigenvalue weighted by atomic mass is 9.99. The second-order valence-corrected chi connectivity index (χ2v) is 11.1. The Hall–Kier alpha value is -3.26. The molecule has 1 aliphatic rings. The minimum atomic E-state index is -0.272. The largest absolute Gasteiger partial charge is 0.348 e. The maximum absolute atomic E-state index is 13.2. The van der Waals surface area contributed by atoms with E-state index in [1.54, 1.807) is 6.07 Å². The van der Waals surface area contributed by atoms with E-state index in [-0.39, 0.29) is 23.8 Å². The Labute approximate surface area is 225 Å². The highest BCUT2D eigenvalue weighted by Crippen LogP contribution is 2.30. The number of aromatic nitrogens is 1. The number of rotatable bonds is 7. The average Bonchev–Trinajstić information content (AvgIpc) is 3.51. The lowest BCUT2D eigenvalue weighted by Crippen LogP contribution is -2.41. The van der Waals surface area contributed by atoms with Crippen LogP contribution in [0.2, 0.25) is 5.15 Å². The molecule has 2 aromatic heterocycles. The van der Waals surface area contributed by atoms with E-state index in [9.17, 15) is 9.59 Å². The fourth-order valence-corrected chi connectivity index (χ4v) is 6.07. The monoisotopic (exact) mass is 532 g/mol. The number of thiophene rings is 1. The summed E-state index contributed by atoms with van der Waals surface area (Å²) in [6.07, 6.45) is 2.42. The van der Waals surface area contributed by atoms with Crippen LogP contribution in [0.5, 0.6) is 0 Å². The molecular formula is C29H29ClN4O2S. The minimum absolute atomic E-state index is 0.0617. The molecule has 2 heterocycles. The number of anilines is 1. The van der Waals surface area contributed by atoms with Crippen molar-refractivity contribution in [3.05, 3.63) is 82.3 Å². The third kappa shape index (κ3) is 5.85. The van der Waals surface area contributed by atoms with Gasteiger partial charge in [-0.15, -0.1) is 11.3 Å². The lowest BCUT2D eigenvalue weighted by Gasteiger charge is -2.20. The van der Waals surface area contributed by atoms with Gasteiger partial charge in [0.15, 0.2) is 0 Å². The number of pyridine rings is 1. The van der Waals surface area contributed by atoms with Gasteiger partial charge in [0, 0.05) is 23.7 Å². The first kappa shape index (κ1) is 25.4. The van der Waals surface area contributed by atoms with Crippen LogP contribution in [0.3, 0.4) is 0 Å². The van der Waals surface area contributed by atoms with Crippen LogP contribution in [-0.4, -0.2) is 41.8 Å². The molecule has 0 bridgehead atoms. The molecule has 0 unspecified atom stereocenters. The second kappa shape index (κ2) is 11.0. The van der Waals surface area contributed by atoms with E-state index in [2.05, 4.69) is 52.8 Å². The van der Waals surface area contributed by atoms with Gasteiger partial charge in [-0.05, 0) is 74.0 Å². The van der Waals surface area contributed by atoms with Gasteiger partial charge in [0.1, 0.15) is 9.98 Å². The molecule has 2 atom stereocenters. The molecule has 5 rings (SSSR count). The van der Waals surface area contributed by atoms with E-state index in [0.29, 0.717) is 10.0 Å². The van der Waals surface area contributed by atoms with Crippen molar-refractivity contribution in [2.24, 2.45) is 5.92 Å². The fraction of sp³-hybridized carbons (Fsp3) is 0.276. The smallest absolute Gasteiger partial charge is 0.261 e. The molecule has 2 amide bonds. The van der Waals surface area contributed by atoms with Gasteiger partial charge < -0.3 is 15.5 Å². The van der Waals surface area contributed by atoms with Crippen molar-refractivity contribution in [3.8, 4) is 11.1 Å².